The molecule has 1 N–H and O–H groups in total. The molecule has 2 unspecified atom stereocenters. The quantitative estimate of drug-likeness (QED) is 0.439. The number of ketones is 1. The SMILES string of the molecule is CCCC(=O)C(C(=Nc1cccc(C(F)(F)F)c1)SCC)C(O)CCC. The van der Waals surface area contributed by atoms with E-state index in [1.165, 1.54) is 23.9 Å². The highest BCUT2D eigenvalue weighted by molar-refractivity contribution is 8.14. The van der Waals surface area contributed by atoms with Crippen molar-refractivity contribution >= 4 is 28.3 Å². The van der Waals surface area contributed by atoms with Gasteiger partial charge in [-0.05, 0) is 36.8 Å². The number of rotatable bonds is 9. The van der Waals surface area contributed by atoms with Crippen molar-refractivity contribution in [2.45, 2.75) is 58.7 Å². The molecule has 0 radical (unpaired) electrons. The highest BCUT2D eigenvalue weighted by atomic mass is 32.2. The lowest BCUT2D eigenvalue weighted by atomic mass is 9.92. The number of thioether (sulfide) groups is 1. The summed E-state index contributed by atoms with van der Waals surface area (Å²) in [5, 5.41) is 10.9. The summed E-state index contributed by atoms with van der Waals surface area (Å²) < 4.78 is 38.8. The van der Waals surface area contributed by atoms with Gasteiger partial charge in [-0.3, -0.25) is 4.79 Å². The minimum absolute atomic E-state index is 0.125. The topological polar surface area (TPSA) is 49.7 Å². The molecule has 2 atom stereocenters. The lowest BCUT2D eigenvalue weighted by Gasteiger charge is -2.23. The van der Waals surface area contributed by atoms with Gasteiger partial charge in [0.05, 0.1) is 28.3 Å². The van der Waals surface area contributed by atoms with Crippen LogP contribution < -0.4 is 0 Å². The number of Topliss-reactive ketones (excluding diaryl/α,β-unsaturated/α-hetero) is 1. The van der Waals surface area contributed by atoms with Crippen LogP contribution in [0.3, 0.4) is 0 Å². The van der Waals surface area contributed by atoms with E-state index < -0.39 is 23.8 Å². The van der Waals surface area contributed by atoms with Crippen molar-refractivity contribution in [1.29, 1.82) is 0 Å². The van der Waals surface area contributed by atoms with E-state index in [2.05, 4.69) is 4.99 Å². The normalized spacial score (nSPS) is 15.0. The molecule has 0 amide bonds. The molecule has 0 aliphatic carbocycles. The Morgan fingerprint density at radius 2 is 1.92 bits per heavy atom. The van der Waals surface area contributed by atoms with Crippen LogP contribution in [0.25, 0.3) is 0 Å². The molecule has 0 aliphatic rings. The van der Waals surface area contributed by atoms with E-state index in [-0.39, 0.29) is 11.5 Å². The van der Waals surface area contributed by atoms with Gasteiger partial charge in [0.2, 0.25) is 0 Å². The van der Waals surface area contributed by atoms with Crippen LogP contribution in [0.15, 0.2) is 29.3 Å². The zero-order valence-corrected chi connectivity index (χ0v) is 16.2. The molecule has 7 heteroatoms. The van der Waals surface area contributed by atoms with E-state index in [4.69, 9.17) is 0 Å². The van der Waals surface area contributed by atoms with E-state index >= 15 is 0 Å². The number of aliphatic hydroxyl groups is 1. The Labute approximate surface area is 157 Å². The Hall–Kier alpha value is -1.34. The first kappa shape index (κ1) is 22.7. The summed E-state index contributed by atoms with van der Waals surface area (Å²) >= 11 is 1.29. The molecule has 26 heavy (non-hydrogen) atoms. The standard InChI is InChI=1S/C19H26F3NO2S/c1-4-8-15(24)17(16(25)9-5-2)18(26-6-3)23-14-11-7-10-13(12-14)19(20,21)22/h7,10-12,15,17,24H,4-6,8-9H2,1-3H3. The Bertz CT molecular complexity index is 617. The monoisotopic (exact) mass is 389 g/mol. The smallest absolute Gasteiger partial charge is 0.392 e. The number of halogens is 3. The van der Waals surface area contributed by atoms with Crippen LogP contribution in [0.5, 0.6) is 0 Å². The van der Waals surface area contributed by atoms with Gasteiger partial charge in [0.15, 0.2) is 0 Å². The molecule has 146 valence electrons. The molecule has 1 rings (SSSR count). The number of nitrogens with zero attached hydrogens (tertiary/aromatic N) is 1. The minimum Gasteiger partial charge on any atom is -0.392 e. The molecule has 0 aliphatic heterocycles. The van der Waals surface area contributed by atoms with E-state index in [0.717, 1.165) is 12.1 Å². The molecular formula is C19H26F3NO2S. The maximum atomic E-state index is 12.9. The Morgan fingerprint density at radius 1 is 1.23 bits per heavy atom. The number of carbonyl (C=O) groups is 1. The van der Waals surface area contributed by atoms with Crippen molar-refractivity contribution in [3.05, 3.63) is 29.8 Å². The third-order valence-corrected chi connectivity index (χ3v) is 4.71. The maximum Gasteiger partial charge on any atom is 0.416 e. The molecule has 0 fully saturated rings. The van der Waals surface area contributed by atoms with E-state index in [9.17, 15) is 23.1 Å². The van der Waals surface area contributed by atoms with Gasteiger partial charge in [-0.2, -0.15) is 13.2 Å². The van der Waals surface area contributed by atoms with Crippen molar-refractivity contribution in [3.63, 3.8) is 0 Å². The second-order valence-corrected chi connectivity index (χ2v) is 7.27. The summed E-state index contributed by atoms with van der Waals surface area (Å²) in [5.74, 6) is -0.318. The number of alkyl halides is 3. The molecule has 0 saturated carbocycles. The number of aliphatic imine (C=N–C) groups is 1. The van der Waals surface area contributed by atoms with Crippen molar-refractivity contribution in [2.75, 3.05) is 5.75 Å². The van der Waals surface area contributed by atoms with Gasteiger partial charge in [-0.15, -0.1) is 11.8 Å². The van der Waals surface area contributed by atoms with Crippen molar-refractivity contribution < 1.29 is 23.1 Å². The van der Waals surface area contributed by atoms with Crippen LogP contribution in [0.1, 0.15) is 52.0 Å². The molecule has 0 heterocycles. The number of benzene rings is 1. The second kappa shape index (κ2) is 10.7. The zero-order valence-electron chi connectivity index (χ0n) is 15.3. The average Bonchev–Trinajstić information content (AvgIpc) is 2.55. The highest BCUT2D eigenvalue weighted by Gasteiger charge is 2.32. The Kier molecular flexibility index (Phi) is 9.36. The predicted molar refractivity (Wildman–Crippen MR) is 101 cm³/mol. The van der Waals surface area contributed by atoms with Crippen LogP contribution in [0.4, 0.5) is 18.9 Å². The van der Waals surface area contributed by atoms with Crippen LogP contribution in [0.2, 0.25) is 0 Å². The largest absolute Gasteiger partial charge is 0.416 e. The number of hydrogen-bond acceptors (Lipinski definition) is 4. The van der Waals surface area contributed by atoms with Crippen molar-refractivity contribution in [2.24, 2.45) is 10.9 Å². The van der Waals surface area contributed by atoms with Crippen LogP contribution in [-0.2, 0) is 11.0 Å². The van der Waals surface area contributed by atoms with E-state index in [1.807, 2.05) is 20.8 Å². The average molecular weight is 389 g/mol. The lowest BCUT2D eigenvalue weighted by molar-refractivity contribution is -0.137. The Balaban J connectivity index is 3.32. The second-order valence-electron chi connectivity index (χ2n) is 5.98. The highest BCUT2D eigenvalue weighted by Crippen LogP contribution is 2.32. The van der Waals surface area contributed by atoms with Crippen LogP contribution in [0, 0.1) is 5.92 Å². The number of aliphatic hydroxyl groups excluding tert-OH is 1. The van der Waals surface area contributed by atoms with Gasteiger partial charge < -0.3 is 5.11 Å². The first-order valence-electron chi connectivity index (χ1n) is 8.83. The molecule has 0 bridgehead atoms. The third kappa shape index (κ3) is 6.76. The summed E-state index contributed by atoms with van der Waals surface area (Å²) in [6.07, 6.45) is -3.26. The number of hydrogen-bond donors (Lipinski definition) is 1. The molecule has 1 aromatic carbocycles. The minimum atomic E-state index is -4.46. The lowest BCUT2D eigenvalue weighted by Crippen LogP contribution is -2.34. The molecule has 1 aromatic rings. The summed E-state index contributed by atoms with van der Waals surface area (Å²) in [4.78, 5) is 16.9. The molecule has 0 saturated heterocycles. The fourth-order valence-corrected chi connectivity index (χ4v) is 3.53. The number of carbonyl (C=O) groups excluding carboxylic acids is 1. The Morgan fingerprint density at radius 3 is 2.46 bits per heavy atom. The van der Waals surface area contributed by atoms with Crippen LogP contribution >= 0.6 is 11.8 Å². The summed E-state index contributed by atoms with van der Waals surface area (Å²) in [6, 6.07) is 4.71. The summed E-state index contributed by atoms with van der Waals surface area (Å²) in [5.41, 5.74) is -0.654. The third-order valence-electron chi connectivity index (χ3n) is 3.78. The zero-order chi connectivity index (χ0) is 19.7. The van der Waals surface area contributed by atoms with Gasteiger partial charge in [-0.1, -0.05) is 33.3 Å². The van der Waals surface area contributed by atoms with Gasteiger partial charge in [-0.25, -0.2) is 4.99 Å². The summed E-state index contributed by atoms with van der Waals surface area (Å²) in [7, 11) is 0. The fraction of sp³-hybridized carbons (Fsp3) is 0.579. The first-order valence-corrected chi connectivity index (χ1v) is 9.82. The van der Waals surface area contributed by atoms with Crippen molar-refractivity contribution in [3.8, 4) is 0 Å². The van der Waals surface area contributed by atoms with E-state index in [1.54, 1.807) is 0 Å². The molecular weight excluding hydrogens is 363 g/mol. The van der Waals surface area contributed by atoms with Crippen molar-refractivity contribution in [1.82, 2.24) is 0 Å². The van der Waals surface area contributed by atoms with Gasteiger partial charge in [0.1, 0.15) is 5.78 Å². The summed E-state index contributed by atoms with van der Waals surface area (Å²) in [6.45, 7) is 5.65. The predicted octanol–water partition coefficient (Wildman–Crippen LogP) is 5.63. The maximum absolute atomic E-state index is 12.9. The molecule has 0 aromatic heterocycles. The fourth-order valence-electron chi connectivity index (χ4n) is 2.60. The van der Waals surface area contributed by atoms with Gasteiger partial charge >= 0.3 is 6.18 Å². The molecule has 3 nitrogen and oxygen atoms in total. The molecule has 0 spiro atoms. The van der Waals surface area contributed by atoms with E-state index in [0.29, 0.717) is 36.5 Å². The van der Waals surface area contributed by atoms with Gasteiger partial charge in [0, 0.05) is 6.42 Å². The van der Waals surface area contributed by atoms with Crippen LogP contribution in [-0.4, -0.2) is 27.8 Å². The first-order chi connectivity index (χ1) is 12.2. The van der Waals surface area contributed by atoms with Gasteiger partial charge in [0.25, 0.3) is 0 Å².